The van der Waals surface area contributed by atoms with E-state index in [1.165, 1.54) is 0 Å². The predicted molar refractivity (Wildman–Crippen MR) is 77.5 cm³/mol. The van der Waals surface area contributed by atoms with E-state index in [4.69, 9.17) is 4.74 Å². The molecule has 1 saturated heterocycles. The first-order valence-electron chi connectivity index (χ1n) is 7.38. The van der Waals surface area contributed by atoms with E-state index in [1.54, 1.807) is 7.11 Å². The second-order valence-electron chi connectivity index (χ2n) is 5.80. The van der Waals surface area contributed by atoms with Crippen molar-refractivity contribution < 1.29 is 14.3 Å². The fourth-order valence-electron chi connectivity index (χ4n) is 3.65. The third kappa shape index (κ3) is 2.31. The second kappa shape index (κ2) is 5.48. The number of rotatable bonds is 3. The van der Waals surface area contributed by atoms with E-state index in [-0.39, 0.29) is 17.9 Å². The zero-order chi connectivity index (χ0) is 14.9. The van der Waals surface area contributed by atoms with Crippen molar-refractivity contribution in [3.63, 3.8) is 0 Å². The Morgan fingerprint density at radius 2 is 1.95 bits per heavy atom. The van der Waals surface area contributed by atoms with E-state index in [1.807, 2.05) is 30.3 Å². The van der Waals surface area contributed by atoms with E-state index in [2.05, 4.69) is 10.6 Å². The SMILES string of the molecule is COC1CCCC(C2(c3ccccc3)NC(=O)NC2=O)C1. The highest BCUT2D eigenvalue weighted by Gasteiger charge is 2.53. The van der Waals surface area contributed by atoms with Crippen molar-refractivity contribution in [3.8, 4) is 0 Å². The average molecular weight is 288 g/mol. The van der Waals surface area contributed by atoms with Crippen LogP contribution in [0.15, 0.2) is 30.3 Å². The van der Waals surface area contributed by atoms with Gasteiger partial charge in [-0.05, 0) is 30.7 Å². The highest BCUT2D eigenvalue weighted by molar-refractivity contribution is 6.07. The molecule has 3 atom stereocenters. The van der Waals surface area contributed by atoms with Crippen molar-refractivity contribution in [1.82, 2.24) is 10.6 Å². The molecule has 0 radical (unpaired) electrons. The summed E-state index contributed by atoms with van der Waals surface area (Å²) in [4.78, 5) is 24.3. The molecule has 2 fully saturated rings. The molecule has 1 aliphatic heterocycles. The van der Waals surface area contributed by atoms with Gasteiger partial charge in [0.25, 0.3) is 5.91 Å². The summed E-state index contributed by atoms with van der Waals surface area (Å²) >= 11 is 0. The van der Waals surface area contributed by atoms with Crippen molar-refractivity contribution in [2.75, 3.05) is 7.11 Å². The van der Waals surface area contributed by atoms with Gasteiger partial charge in [-0.2, -0.15) is 0 Å². The normalized spacial score (nSPS) is 32.6. The minimum atomic E-state index is -0.963. The lowest BCUT2D eigenvalue weighted by Crippen LogP contribution is -2.52. The summed E-state index contributed by atoms with van der Waals surface area (Å²) in [6, 6.07) is 9.09. The molecular formula is C16H20N2O3. The summed E-state index contributed by atoms with van der Waals surface area (Å²) in [6.45, 7) is 0. The largest absolute Gasteiger partial charge is 0.381 e. The van der Waals surface area contributed by atoms with Gasteiger partial charge in [0.15, 0.2) is 0 Å². The Balaban J connectivity index is 2.01. The number of hydrogen-bond acceptors (Lipinski definition) is 3. The van der Waals surface area contributed by atoms with Gasteiger partial charge in [-0.15, -0.1) is 0 Å². The Labute approximate surface area is 124 Å². The van der Waals surface area contributed by atoms with Crippen molar-refractivity contribution in [2.45, 2.75) is 37.3 Å². The van der Waals surface area contributed by atoms with E-state index >= 15 is 0 Å². The molecule has 3 amide bonds. The lowest BCUT2D eigenvalue weighted by atomic mass is 9.70. The molecule has 3 rings (SSSR count). The number of carbonyl (C=O) groups excluding carboxylic acids is 2. The van der Waals surface area contributed by atoms with Gasteiger partial charge in [-0.3, -0.25) is 10.1 Å². The molecule has 3 unspecified atom stereocenters. The molecule has 1 aromatic carbocycles. The van der Waals surface area contributed by atoms with Gasteiger partial charge < -0.3 is 10.1 Å². The molecule has 1 saturated carbocycles. The molecule has 5 heteroatoms. The zero-order valence-electron chi connectivity index (χ0n) is 12.1. The smallest absolute Gasteiger partial charge is 0.322 e. The Kier molecular flexibility index (Phi) is 3.68. The molecule has 112 valence electrons. The number of methoxy groups -OCH3 is 1. The van der Waals surface area contributed by atoms with Gasteiger partial charge in [0.05, 0.1) is 6.10 Å². The molecule has 21 heavy (non-hydrogen) atoms. The Morgan fingerprint density at radius 3 is 2.57 bits per heavy atom. The average Bonchev–Trinajstić information content (AvgIpc) is 2.84. The van der Waals surface area contributed by atoms with Crippen LogP contribution >= 0.6 is 0 Å². The molecule has 5 nitrogen and oxygen atoms in total. The molecule has 0 spiro atoms. The third-order valence-electron chi connectivity index (χ3n) is 4.70. The van der Waals surface area contributed by atoms with Crippen LogP contribution in [0.2, 0.25) is 0 Å². The lowest BCUT2D eigenvalue weighted by Gasteiger charge is -2.39. The van der Waals surface area contributed by atoms with Gasteiger partial charge in [-0.25, -0.2) is 4.79 Å². The van der Waals surface area contributed by atoms with Gasteiger partial charge in [0.1, 0.15) is 5.54 Å². The zero-order valence-corrected chi connectivity index (χ0v) is 12.1. The number of imide groups is 1. The van der Waals surface area contributed by atoms with Crippen LogP contribution in [0.4, 0.5) is 4.79 Å². The first-order chi connectivity index (χ1) is 10.2. The van der Waals surface area contributed by atoms with Crippen LogP contribution in [0.1, 0.15) is 31.2 Å². The molecule has 2 N–H and O–H groups in total. The number of urea groups is 1. The summed E-state index contributed by atoms with van der Waals surface area (Å²) in [5.41, 5.74) is -0.120. The minimum absolute atomic E-state index is 0.0463. The van der Waals surface area contributed by atoms with E-state index < -0.39 is 11.6 Å². The maximum atomic E-state index is 12.6. The first-order valence-corrected chi connectivity index (χ1v) is 7.38. The van der Waals surface area contributed by atoms with Crippen LogP contribution in [0.3, 0.4) is 0 Å². The quantitative estimate of drug-likeness (QED) is 0.835. The highest BCUT2D eigenvalue weighted by Crippen LogP contribution is 2.41. The van der Waals surface area contributed by atoms with E-state index in [0.29, 0.717) is 0 Å². The van der Waals surface area contributed by atoms with Crippen molar-refractivity contribution >= 4 is 11.9 Å². The number of benzene rings is 1. The summed E-state index contributed by atoms with van der Waals surface area (Å²) in [7, 11) is 1.70. The van der Waals surface area contributed by atoms with Crippen LogP contribution in [0.25, 0.3) is 0 Å². The number of ether oxygens (including phenoxy) is 1. The molecular weight excluding hydrogens is 268 g/mol. The van der Waals surface area contributed by atoms with Crippen molar-refractivity contribution in [3.05, 3.63) is 35.9 Å². The molecule has 1 heterocycles. The maximum absolute atomic E-state index is 12.6. The van der Waals surface area contributed by atoms with Gasteiger partial charge in [-0.1, -0.05) is 36.8 Å². The third-order valence-corrected chi connectivity index (χ3v) is 4.70. The summed E-state index contributed by atoms with van der Waals surface area (Å²) in [5.74, 6) is -0.203. The van der Waals surface area contributed by atoms with Crippen LogP contribution in [-0.2, 0) is 15.1 Å². The fourth-order valence-corrected chi connectivity index (χ4v) is 3.65. The van der Waals surface area contributed by atoms with Crippen molar-refractivity contribution in [1.29, 1.82) is 0 Å². The number of carbonyl (C=O) groups is 2. The lowest BCUT2D eigenvalue weighted by molar-refractivity contribution is -0.127. The van der Waals surface area contributed by atoms with Crippen LogP contribution in [-0.4, -0.2) is 25.2 Å². The molecule has 1 aromatic rings. The minimum Gasteiger partial charge on any atom is -0.381 e. The van der Waals surface area contributed by atoms with Gasteiger partial charge in [0, 0.05) is 7.11 Å². The molecule has 0 bridgehead atoms. The van der Waals surface area contributed by atoms with Gasteiger partial charge >= 0.3 is 6.03 Å². The maximum Gasteiger partial charge on any atom is 0.322 e. The monoisotopic (exact) mass is 288 g/mol. The Bertz CT molecular complexity index is 546. The molecule has 0 aromatic heterocycles. The fraction of sp³-hybridized carbons (Fsp3) is 0.500. The van der Waals surface area contributed by atoms with Gasteiger partial charge in [0.2, 0.25) is 0 Å². The number of amides is 3. The second-order valence-corrected chi connectivity index (χ2v) is 5.80. The van der Waals surface area contributed by atoms with Crippen molar-refractivity contribution in [2.24, 2.45) is 5.92 Å². The van der Waals surface area contributed by atoms with Crippen LogP contribution in [0, 0.1) is 5.92 Å². The number of nitrogens with one attached hydrogen (secondary N) is 2. The Morgan fingerprint density at radius 1 is 1.19 bits per heavy atom. The van der Waals surface area contributed by atoms with E-state index in [0.717, 1.165) is 31.2 Å². The topological polar surface area (TPSA) is 67.4 Å². The summed E-state index contributed by atoms with van der Waals surface area (Å²) in [6.07, 6.45) is 3.84. The highest BCUT2D eigenvalue weighted by atomic mass is 16.5. The summed E-state index contributed by atoms with van der Waals surface area (Å²) in [5, 5.41) is 5.30. The standard InChI is InChI=1S/C16H20N2O3/c1-21-13-9-5-8-12(10-13)16(11-6-3-2-4-7-11)14(19)17-15(20)18-16/h2-4,6-7,12-13H,5,8-10H2,1H3,(H2,17,18,19,20). The number of hydrogen-bond donors (Lipinski definition) is 2. The molecule has 2 aliphatic rings. The Hall–Kier alpha value is -1.88. The van der Waals surface area contributed by atoms with Crippen LogP contribution < -0.4 is 10.6 Å². The predicted octanol–water partition coefficient (Wildman–Crippen LogP) is 1.93. The van der Waals surface area contributed by atoms with Crippen LogP contribution in [0.5, 0.6) is 0 Å². The summed E-state index contributed by atoms with van der Waals surface area (Å²) < 4.78 is 5.48. The van der Waals surface area contributed by atoms with E-state index in [9.17, 15) is 9.59 Å². The first kappa shape index (κ1) is 14.1. The molecule has 1 aliphatic carbocycles.